The van der Waals surface area contributed by atoms with Gasteiger partial charge in [0.15, 0.2) is 0 Å². The molecule has 0 aliphatic rings. The topological polar surface area (TPSA) is 17.1 Å². The standard InChI is InChI=1S/C7H4BrO/c8-7-3-1-6(5-9)2-4-7/h1-4H. The van der Waals surface area contributed by atoms with Crippen molar-refractivity contribution in [2.75, 3.05) is 0 Å². The highest BCUT2D eigenvalue weighted by Gasteiger charge is 1.87. The molecule has 0 aliphatic heterocycles. The van der Waals surface area contributed by atoms with Crippen molar-refractivity contribution >= 4 is 22.2 Å². The van der Waals surface area contributed by atoms with Gasteiger partial charge in [0, 0.05) is 10.0 Å². The molecule has 0 spiro atoms. The summed E-state index contributed by atoms with van der Waals surface area (Å²) < 4.78 is 0.974. The number of hydrogen-bond acceptors (Lipinski definition) is 1. The summed E-state index contributed by atoms with van der Waals surface area (Å²) in [5, 5.41) is 0. The summed E-state index contributed by atoms with van der Waals surface area (Å²) >= 11 is 3.24. The molecule has 1 radical (unpaired) electrons. The molecular weight excluding hydrogens is 180 g/mol. The first kappa shape index (κ1) is 6.49. The Morgan fingerprint density at radius 3 is 2.22 bits per heavy atom. The number of rotatable bonds is 1. The van der Waals surface area contributed by atoms with Crippen LogP contribution in [0.4, 0.5) is 0 Å². The fourth-order valence-corrected chi connectivity index (χ4v) is 0.782. The van der Waals surface area contributed by atoms with Crippen molar-refractivity contribution < 1.29 is 4.79 Å². The Labute approximate surface area is 61.8 Å². The van der Waals surface area contributed by atoms with E-state index in [9.17, 15) is 4.79 Å². The summed E-state index contributed by atoms with van der Waals surface area (Å²) in [7, 11) is 0. The summed E-state index contributed by atoms with van der Waals surface area (Å²) in [6.45, 7) is 0. The fourth-order valence-electron chi connectivity index (χ4n) is 0.518. The molecule has 2 heteroatoms. The molecule has 1 aromatic rings. The number of carbonyl (C=O) groups excluding carboxylic acids is 1. The summed E-state index contributed by atoms with van der Waals surface area (Å²) in [6.07, 6.45) is 1.78. The second-order valence-corrected chi connectivity index (χ2v) is 2.52. The van der Waals surface area contributed by atoms with Crippen LogP contribution in [0, 0.1) is 0 Å². The van der Waals surface area contributed by atoms with Gasteiger partial charge in [-0.25, -0.2) is 0 Å². The molecule has 45 valence electrons. The lowest BCUT2D eigenvalue weighted by atomic mass is 10.2. The molecule has 0 amide bonds. The third-order valence-corrected chi connectivity index (χ3v) is 1.49. The van der Waals surface area contributed by atoms with Crippen LogP contribution in [0.25, 0.3) is 0 Å². The van der Waals surface area contributed by atoms with Gasteiger partial charge in [-0.05, 0) is 24.3 Å². The Balaban J connectivity index is 3.01. The van der Waals surface area contributed by atoms with Crippen molar-refractivity contribution in [2.45, 2.75) is 0 Å². The van der Waals surface area contributed by atoms with Crippen molar-refractivity contribution in [3.05, 3.63) is 34.3 Å². The largest absolute Gasteiger partial charge is 0.285 e. The van der Waals surface area contributed by atoms with E-state index in [4.69, 9.17) is 0 Å². The van der Waals surface area contributed by atoms with E-state index in [0.717, 1.165) is 4.47 Å². The van der Waals surface area contributed by atoms with Gasteiger partial charge in [-0.15, -0.1) is 0 Å². The highest BCUT2D eigenvalue weighted by atomic mass is 79.9. The van der Waals surface area contributed by atoms with Crippen LogP contribution >= 0.6 is 15.9 Å². The predicted molar refractivity (Wildman–Crippen MR) is 38.9 cm³/mol. The van der Waals surface area contributed by atoms with Gasteiger partial charge in [0.25, 0.3) is 0 Å². The third-order valence-electron chi connectivity index (χ3n) is 0.962. The van der Waals surface area contributed by atoms with Crippen molar-refractivity contribution in [3.8, 4) is 0 Å². The average Bonchev–Trinajstić information content (AvgIpc) is 1.90. The lowest BCUT2D eigenvalue weighted by molar-refractivity contribution is 0.563. The monoisotopic (exact) mass is 183 g/mol. The van der Waals surface area contributed by atoms with Gasteiger partial charge in [0.05, 0.1) is 0 Å². The zero-order chi connectivity index (χ0) is 6.69. The molecule has 0 bridgehead atoms. The summed E-state index contributed by atoms with van der Waals surface area (Å²) in [5.74, 6) is 0. The minimum absolute atomic E-state index is 0.582. The minimum Gasteiger partial charge on any atom is -0.285 e. The van der Waals surface area contributed by atoms with Gasteiger partial charge in [-0.1, -0.05) is 15.9 Å². The molecule has 9 heavy (non-hydrogen) atoms. The Kier molecular flexibility index (Phi) is 2.01. The molecule has 1 nitrogen and oxygen atoms in total. The normalized spacial score (nSPS) is 9.00. The Morgan fingerprint density at radius 1 is 1.22 bits per heavy atom. The average molecular weight is 184 g/mol. The number of benzene rings is 1. The summed E-state index contributed by atoms with van der Waals surface area (Å²) in [6, 6.07) is 7.02. The lowest BCUT2D eigenvalue weighted by Gasteiger charge is -1.86. The first-order valence-corrected chi connectivity index (χ1v) is 3.26. The zero-order valence-corrected chi connectivity index (χ0v) is 6.18. The van der Waals surface area contributed by atoms with E-state index in [1.807, 2.05) is 0 Å². The molecule has 0 aromatic heterocycles. The van der Waals surface area contributed by atoms with Crippen LogP contribution < -0.4 is 0 Å². The van der Waals surface area contributed by atoms with Crippen LogP contribution in [-0.4, -0.2) is 6.29 Å². The van der Waals surface area contributed by atoms with Gasteiger partial charge in [0.1, 0.15) is 0 Å². The lowest BCUT2D eigenvalue weighted by Crippen LogP contribution is -1.75. The number of hydrogen-bond donors (Lipinski definition) is 0. The second-order valence-electron chi connectivity index (χ2n) is 1.61. The van der Waals surface area contributed by atoms with E-state index in [-0.39, 0.29) is 0 Å². The molecular formula is C7H4BrO. The van der Waals surface area contributed by atoms with Crippen molar-refractivity contribution in [2.24, 2.45) is 0 Å². The zero-order valence-electron chi connectivity index (χ0n) is 4.60. The van der Waals surface area contributed by atoms with Gasteiger partial charge in [-0.3, -0.25) is 4.79 Å². The molecule has 0 N–H and O–H groups in total. The first-order valence-electron chi connectivity index (χ1n) is 2.46. The first-order chi connectivity index (χ1) is 4.33. The predicted octanol–water partition coefficient (Wildman–Crippen LogP) is 1.91. The van der Waals surface area contributed by atoms with Gasteiger partial charge >= 0.3 is 0 Å². The van der Waals surface area contributed by atoms with Gasteiger partial charge < -0.3 is 0 Å². The molecule has 0 heterocycles. The van der Waals surface area contributed by atoms with Crippen molar-refractivity contribution in [3.63, 3.8) is 0 Å². The SMILES string of the molecule is O=[C]c1ccc(Br)cc1. The van der Waals surface area contributed by atoms with Gasteiger partial charge in [-0.2, -0.15) is 0 Å². The molecule has 1 aromatic carbocycles. The van der Waals surface area contributed by atoms with Crippen LogP contribution in [0.5, 0.6) is 0 Å². The minimum atomic E-state index is 0.582. The Hall–Kier alpha value is -0.630. The molecule has 0 saturated carbocycles. The van der Waals surface area contributed by atoms with Crippen molar-refractivity contribution in [1.29, 1.82) is 0 Å². The van der Waals surface area contributed by atoms with E-state index >= 15 is 0 Å². The second kappa shape index (κ2) is 2.78. The number of halogens is 1. The van der Waals surface area contributed by atoms with Crippen LogP contribution in [0.1, 0.15) is 5.56 Å². The Morgan fingerprint density at radius 2 is 1.78 bits per heavy atom. The molecule has 0 atom stereocenters. The highest BCUT2D eigenvalue weighted by molar-refractivity contribution is 9.10. The van der Waals surface area contributed by atoms with E-state index in [0.29, 0.717) is 5.56 Å². The van der Waals surface area contributed by atoms with Crippen molar-refractivity contribution in [1.82, 2.24) is 0 Å². The maximum atomic E-state index is 9.98. The fraction of sp³-hybridized carbons (Fsp3) is 0. The van der Waals surface area contributed by atoms with Crippen LogP contribution in [-0.2, 0) is 4.79 Å². The molecule has 0 unspecified atom stereocenters. The maximum absolute atomic E-state index is 9.98. The van der Waals surface area contributed by atoms with Crippen LogP contribution in [0.2, 0.25) is 0 Å². The summed E-state index contributed by atoms with van der Waals surface area (Å²) in [4.78, 5) is 9.98. The molecule has 0 aliphatic carbocycles. The summed E-state index contributed by atoms with van der Waals surface area (Å²) in [5.41, 5.74) is 0.582. The van der Waals surface area contributed by atoms with E-state index in [1.165, 1.54) is 0 Å². The van der Waals surface area contributed by atoms with Gasteiger partial charge in [0.2, 0.25) is 6.29 Å². The van der Waals surface area contributed by atoms with E-state index in [2.05, 4.69) is 15.9 Å². The Bertz CT molecular complexity index is 203. The highest BCUT2D eigenvalue weighted by Crippen LogP contribution is 2.08. The molecule has 0 saturated heterocycles. The van der Waals surface area contributed by atoms with Crippen LogP contribution in [0.15, 0.2) is 28.7 Å². The smallest absolute Gasteiger partial charge is 0.233 e. The molecule has 1 rings (SSSR count). The van der Waals surface area contributed by atoms with E-state index in [1.54, 1.807) is 30.6 Å². The maximum Gasteiger partial charge on any atom is 0.233 e. The quantitative estimate of drug-likeness (QED) is 0.651. The van der Waals surface area contributed by atoms with Crippen LogP contribution in [0.3, 0.4) is 0 Å². The third kappa shape index (κ3) is 1.64. The molecule has 0 fully saturated rings. The van der Waals surface area contributed by atoms with E-state index < -0.39 is 0 Å².